The summed E-state index contributed by atoms with van der Waals surface area (Å²) in [6.45, 7) is 7.37. The second kappa shape index (κ2) is 5.38. The Morgan fingerprint density at radius 3 is 2.68 bits per heavy atom. The van der Waals surface area contributed by atoms with Crippen molar-refractivity contribution in [2.75, 3.05) is 6.54 Å². The van der Waals surface area contributed by atoms with E-state index in [1.165, 1.54) is 5.56 Å². The molecule has 0 unspecified atom stereocenters. The molecular weight excluding hydrogens is 234 g/mol. The number of hydrogen-bond acceptors (Lipinski definition) is 3. The van der Waals surface area contributed by atoms with Crippen LogP contribution >= 0.6 is 0 Å². The molecule has 98 valence electrons. The smallest absolute Gasteiger partial charge is 0.141 e. The van der Waals surface area contributed by atoms with Crippen molar-refractivity contribution < 1.29 is 0 Å². The van der Waals surface area contributed by atoms with Crippen LogP contribution in [0.4, 0.5) is 0 Å². The van der Waals surface area contributed by atoms with E-state index in [2.05, 4.69) is 43.2 Å². The zero-order valence-electron chi connectivity index (χ0n) is 11.7. The Morgan fingerprint density at radius 2 is 2.00 bits per heavy atom. The summed E-state index contributed by atoms with van der Waals surface area (Å²) in [5.74, 6) is 0. The van der Waals surface area contributed by atoms with E-state index in [9.17, 15) is 0 Å². The largest absolute Gasteiger partial charge is 0.312 e. The lowest BCUT2D eigenvalue weighted by Crippen LogP contribution is -2.37. The third-order valence-corrected chi connectivity index (χ3v) is 2.97. The third-order valence-electron chi connectivity index (χ3n) is 2.97. The highest BCUT2D eigenvalue weighted by molar-refractivity contribution is 5.82. The summed E-state index contributed by atoms with van der Waals surface area (Å²) in [6, 6.07) is 12.0. The van der Waals surface area contributed by atoms with Gasteiger partial charge in [0.1, 0.15) is 11.8 Å². The van der Waals surface area contributed by atoms with Gasteiger partial charge in [0.05, 0.1) is 5.52 Å². The lowest BCUT2D eigenvalue weighted by Gasteiger charge is -2.20. The molecule has 0 atom stereocenters. The van der Waals surface area contributed by atoms with Crippen LogP contribution in [-0.2, 0) is 6.42 Å². The van der Waals surface area contributed by atoms with Crippen LogP contribution in [0.1, 0.15) is 32.0 Å². The molecule has 0 aliphatic heterocycles. The molecule has 0 radical (unpaired) electrons. The van der Waals surface area contributed by atoms with Gasteiger partial charge in [0, 0.05) is 10.9 Å². The molecule has 3 nitrogen and oxygen atoms in total. The van der Waals surface area contributed by atoms with Gasteiger partial charge in [-0.25, -0.2) is 4.98 Å². The normalized spacial score (nSPS) is 11.5. The van der Waals surface area contributed by atoms with Crippen LogP contribution in [0.2, 0.25) is 0 Å². The Balaban J connectivity index is 2.25. The number of nitriles is 1. The highest BCUT2D eigenvalue weighted by Gasteiger charge is 2.09. The summed E-state index contributed by atoms with van der Waals surface area (Å²) in [5.41, 5.74) is 2.72. The number of benzene rings is 1. The van der Waals surface area contributed by atoms with Crippen molar-refractivity contribution in [3.63, 3.8) is 0 Å². The lowest BCUT2D eigenvalue weighted by atomic mass is 10.0. The molecule has 0 saturated carbocycles. The first kappa shape index (κ1) is 13.5. The fourth-order valence-electron chi connectivity index (χ4n) is 2.04. The van der Waals surface area contributed by atoms with E-state index in [4.69, 9.17) is 5.26 Å². The van der Waals surface area contributed by atoms with Crippen LogP contribution in [-0.4, -0.2) is 17.1 Å². The van der Waals surface area contributed by atoms with Crippen molar-refractivity contribution in [1.29, 1.82) is 5.26 Å². The molecule has 0 spiro atoms. The number of nitrogens with one attached hydrogen (secondary N) is 1. The third kappa shape index (κ3) is 3.52. The van der Waals surface area contributed by atoms with Crippen LogP contribution in [0.5, 0.6) is 0 Å². The fourth-order valence-corrected chi connectivity index (χ4v) is 2.04. The highest BCUT2D eigenvalue weighted by atomic mass is 14.9. The molecule has 1 N–H and O–H groups in total. The monoisotopic (exact) mass is 253 g/mol. The SMILES string of the molecule is CC(C)(C)NCCc1cccc2ccc(C#N)nc12. The predicted molar refractivity (Wildman–Crippen MR) is 77.9 cm³/mol. The molecule has 2 rings (SSSR count). The van der Waals surface area contributed by atoms with E-state index < -0.39 is 0 Å². The van der Waals surface area contributed by atoms with Gasteiger partial charge in [-0.3, -0.25) is 0 Å². The molecule has 2 aromatic rings. The summed E-state index contributed by atoms with van der Waals surface area (Å²) < 4.78 is 0. The summed E-state index contributed by atoms with van der Waals surface area (Å²) >= 11 is 0. The predicted octanol–water partition coefficient (Wildman–Crippen LogP) is 3.04. The lowest BCUT2D eigenvalue weighted by molar-refractivity contribution is 0.430. The molecule has 0 saturated heterocycles. The van der Waals surface area contributed by atoms with E-state index in [0.29, 0.717) is 5.69 Å². The molecule has 1 heterocycles. The zero-order chi connectivity index (χ0) is 13.9. The van der Waals surface area contributed by atoms with Crippen molar-refractivity contribution in [3.05, 3.63) is 41.6 Å². The number of fused-ring (bicyclic) bond motifs is 1. The van der Waals surface area contributed by atoms with Crippen LogP contribution < -0.4 is 5.32 Å². The van der Waals surface area contributed by atoms with Gasteiger partial charge in [-0.05, 0) is 51.4 Å². The van der Waals surface area contributed by atoms with Gasteiger partial charge in [-0.1, -0.05) is 18.2 Å². The van der Waals surface area contributed by atoms with Crippen LogP contribution in [0, 0.1) is 11.3 Å². The number of rotatable bonds is 3. The molecule has 0 amide bonds. The van der Waals surface area contributed by atoms with E-state index in [1.54, 1.807) is 6.07 Å². The Hall–Kier alpha value is -1.92. The first-order valence-corrected chi connectivity index (χ1v) is 6.53. The number of aromatic nitrogens is 1. The van der Waals surface area contributed by atoms with Gasteiger partial charge in [0.15, 0.2) is 0 Å². The fraction of sp³-hybridized carbons (Fsp3) is 0.375. The maximum Gasteiger partial charge on any atom is 0.141 e. The maximum atomic E-state index is 8.95. The number of pyridine rings is 1. The van der Waals surface area contributed by atoms with E-state index in [-0.39, 0.29) is 5.54 Å². The van der Waals surface area contributed by atoms with Gasteiger partial charge >= 0.3 is 0 Å². The molecular formula is C16H19N3. The van der Waals surface area contributed by atoms with Gasteiger partial charge in [-0.2, -0.15) is 5.26 Å². The maximum absolute atomic E-state index is 8.95. The van der Waals surface area contributed by atoms with Gasteiger partial charge in [-0.15, -0.1) is 0 Å². The quantitative estimate of drug-likeness (QED) is 0.914. The summed E-state index contributed by atoms with van der Waals surface area (Å²) in [6.07, 6.45) is 0.913. The number of hydrogen-bond donors (Lipinski definition) is 1. The molecule has 0 aliphatic rings. The second-order valence-corrected chi connectivity index (χ2v) is 5.72. The summed E-state index contributed by atoms with van der Waals surface area (Å²) in [4.78, 5) is 4.42. The Morgan fingerprint density at radius 1 is 1.21 bits per heavy atom. The topological polar surface area (TPSA) is 48.7 Å². The minimum Gasteiger partial charge on any atom is -0.312 e. The van der Waals surface area contributed by atoms with Gasteiger partial charge < -0.3 is 5.32 Å². The molecule has 0 bridgehead atoms. The van der Waals surface area contributed by atoms with E-state index in [1.807, 2.05) is 18.2 Å². The molecule has 1 aromatic carbocycles. The average molecular weight is 253 g/mol. The molecule has 19 heavy (non-hydrogen) atoms. The molecule has 1 aromatic heterocycles. The molecule has 0 aliphatic carbocycles. The van der Waals surface area contributed by atoms with Crippen LogP contribution in [0.3, 0.4) is 0 Å². The van der Waals surface area contributed by atoms with E-state index >= 15 is 0 Å². The standard InChI is InChI=1S/C16H19N3/c1-16(2,3)18-10-9-13-6-4-5-12-7-8-14(11-17)19-15(12)13/h4-8,18H,9-10H2,1-3H3. The Bertz CT molecular complexity index is 618. The van der Waals surface area contributed by atoms with Crippen molar-refractivity contribution in [3.8, 4) is 6.07 Å². The van der Waals surface area contributed by atoms with E-state index in [0.717, 1.165) is 23.9 Å². The van der Waals surface area contributed by atoms with Crippen molar-refractivity contribution >= 4 is 10.9 Å². The Labute approximate surface area is 114 Å². The van der Waals surface area contributed by atoms with Crippen molar-refractivity contribution in [1.82, 2.24) is 10.3 Å². The van der Waals surface area contributed by atoms with Gasteiger partial charge in [0.2, 0.25) is 0 Å². The highest BCUT2D eigenvalue weighted by Crippen LogP contribution is 2.17. The summed E-state index contributed by atoms with van der Waals surface area (Å²) in [5, 5.41) is 13.5. The van der Waals surface area contributed by atoms with Gasteiger partial charge in [0.25, 0.3) is 0 Å². The van der Waals surface area contributed by atoms with Crippen molar-refractivity contribution in [2.24, 2.45) is 0 Å². The minimum absolute atomic E-state index is 0.121. The molecule has 3 heteroatoms. The van der Waals surface area contributed by atoms with Crippen LogP contribution in [0.15, 0.2) is 30.3 Å². The first-order valence-electron chi connectivity index (χ1n) is 6.53. The summed E-state index contributed by atoms with van der Waals surface area (Å²) in [7, 11) is 0. The minimum atomic E-state index is 0.121. The number of nitrogens with zero attached hydrogens (tertiary/aromatic N) is 2. The number of para-hydroxylation sites is 1. The molecule has 0 fully saturated rings. The first-order chi connectivity index (χ1) is 8.99. The van der Waals surface area contributed by atoms with Crippen molar-refractivity contribution in [2.45, 2.75) is 32.7 Å². The average Bonchev–Trinajstić information content (AvgIpc) is 2.37. The second-order valence-electron chi connectivity index (χ2n) is 5.72. The Kier molecular flexibility index (Phi) is 3.82. The van der Waals surface area contributed by atoms with Crippen LogP contribution in [0.25, 0.3) is 10.9 Å². The zero-order valence-corrected chi connectivity index (χ0v) is 11.7.